The molecule has 2 nitrogen and oxygen atoms in total. The van der Waals surface area contributed by atoms with Crippen molar-refractivity contribution in [2.45, 2.75) is 44.9 Å². The SMILES string of the molecule is CCc1ccc2nc(C3C4CCCCC43)[nH]c2c1. The molecule has 2 aliphatic rings. The number of fused-ring (bicyclic) bond motifs is 2. The second-order valence-electron chi connectivity index (χ2n) is 5.97. The highest BCUT2D eigenvalue weighted by atomic mass is 14.9. The van der Waals surface area contributed by atoms with Crippen LogP contribution < -0.4 is 0 Å². The van der Waals surface area contributed by atoms with Crippen molar-refractivity contribution in [1.82, 2.24) is 9.97 Å². The number of hydrogen-bond donors (Lipinski definition) is 1. The summed E-state index contributed by atoms with van der Waals surface area (Å²) in [7, 11) is 0. The van der Waals surface area contributed by atoms with Crippen molar-refractivity contribution in [3.8, 4) is 0 Å². The first kappa shape index (κ1) is 10.6. The molecule has 0 bridgehead atoms. The molecular weight excluding hydrogens is 220 g/mol. The number of nitrogens with zero attached hydrogens (tertiary/aromatic N) is 1. The number of aromatic nitrogens is 2. The molecule has 1 aromatic heterocycles. The smallest absolute Gasteiger partial charge is 0.110 e. The number of imidazole rings is 1. The van der Waals surface area contributed by atoms with Crippen LogP contribution in [-0.2, 0) is 6.42 Å². The van der Waals surface area contributed by atoms with E-state index in [0.717, 1.165) is 29.7 Å². The predicted octanol–water partition coefficient (Wildman–Crippen LogP) is 4.03. The van der Waals surface area contributed by atoms with Gasteiger partial charge in [-0.05, 0) is 48.8 Å². The molecule has 1 N–H and O–H groups in total. The Balaban J connectivity index is 1.69. The maximum atomic E-state index is 4.82. The van der Waals surface area contributed by atoms with Crippen LogP contribution in [0, 0.1) is 11.8 Å². The van der Waals surface area contributed by atoms with Gasteiger partial charge in [0.05, 0.1) is 11.0 Å². The minimum Gasteiger partial charge on any atom is -0.342 e. The molecule has 0 spiro atoms. The summed E-state index contributed by atoms with van der Waals surface area (Å²) in [5, 5.41) is 0. The molecular formula is C16H20N2. The monoisotopic (exact) mass is 240 g/mol. The van der Waals surface area contributed by atoms with Crippen LogP contribution in [-0.4, -0.2) is 9.97 Å². The molecule has 1 aromatic carbocycles. The topological polar surface area (TPSA) is 28.7 Å². The predicted molar refractivity (Wildman–Crippen MR) is 73.7 cm³/mol. The zero-order valence-corrected chi connectivity index (χ0v) is 10.9. The standard InChI is InChI=1S/C16H20N2/c1-2-10-7-8-13-14(9-10)18-16(17-13)15-11-5-3-4-6-12(11)15/h7-9,11-12,15H,2-6H2,1H3,(H,17,18). The van der Waals surface area contributed by atoms with E-state index in [2.05, 4.69) is 30.1 Å². The quantitative estimate of drug-likeness (QED) is 0.843. The van der Waals surface area contributed by atoms with E-state index in [1.807, 2.05) is 0 Å². The van der Waals surface area contributed by atoms with Crippen LogP contribution in [0.2, 0.25) is 0 Å². The molecule has 2 aromatic rings. The summed E-state index contributed by atoms with van der Waals surface area (Å²) in [6, 6.07) is 6.63. The zero-order valence-electron chi connectivity index (χ0n) is 10.9. The van der Waals surface area contributed by atoms with E-state index < -0.39 is 0 Å². The Morgan fingerprint density at radius 3 is 2.72 bits per heavy atom. The number of nitrogens with one attached hydrogen (secondary N) is 1. The van der Waals surface area contributed by atoms with Crippen molar-refractivity contribution in [3.05, 3.63) is 29.6 Å². The van der Waals surface area contributed by atoms with Crippen molar-refractivity contribution >= 4 is 11.0 Å². The van der Waals surface area contributed by atoms with E-state index in [1.54, 1.807) is 0 Å². The van der Waals surface area contributed by atoms with Gasteiger partial charge in [0.2, 0.25) is 0 Å². The summed E-state index contributed by atoms with van der Waals surface area (Å²) in [5.41, 5.74) is 3.77. The Labute approximate surface area is 108 Å². The molecule has 0 saturated heterocycles. The maximum absolute atomic E-state index is 4.82. The zero-order chi connectivity index (χ0) is 12.1. The van der Waals surface area contributed by atoms with Gasteiger partial charge in [-0.15, -0.1) is 0 Å². The lowest BCUT2D eigenvalue weighted by atomic mass is 10.0. The molecule has 94 valence electrons. The number of H-pyrrole nitrogens is 1. The van der Waals surface area contributed by atoms with Gasteiger partial charge in [0.25, 0.3) is 0 Å². The highest BCUT2D eigenvalue weighted by molar-refractivity contribution is 5.76. The van der Waals surface area contributed by atoms with Gasteiger partial charge in [0.1, 0.15) is 5.82 Å². The summed E-state index contributed by atoms with van der Waals surface area (Å²) in [6.07, 6.45) is 6.80. The van der Waals surface area contributed by atoms with Gasteiger partial charge in [-0.25, -0.2) is 4.98 Å². The number of benzene rings is 1. The fraction of sp³-hybridized carbons (Fsp3) is 0.562. The van der Waals surface area contributed by atoms with E-state index in [4.69, 9.17) is 4.98 Å². The Morgan fingerprint density at radius 2 is 2.00 bits per heavy atom. The molecule has 18 heavy (non-hydrogen) atoms. The van der Waals surface area contributed by atoms with Crippen LogP contribution >= 0.6 is 0 Å². The summed E-state index contributed by atoms with van der Waals surface area (Å²) < 4.78 is 0. The van der Waals surface area contributed by atoms with Crippen LogP contribution in [0.4, 0.5) is 0 Å². The van der Waals surface area contributed by atoms with Gasteiger partial charge in [-0.1, -0.05) is 25.8 Å². The molecule has 2 unspecified atom stereocenters. The van der Waals surface area contributed by atoms with E-state index >= 15 is 0 Å². The Hall–Kier alpha value is -1.31. The maximum Gasteiger partial charge on any atom is 0.110 e. The highest BCUT2D eigenvalue weighted by Crippen LogP contribution is 2.60. The van der Waals surface area contributed by atoms with Gasteiger partial charge in [-0.3, -0.25) is 0 Å². The molecule has 2 aliphatic carbocycles. The van der Waals surface area contributed by atoms with E-state index in [0.29, 0.717) is 0 Å². The van der Waals surface area contributed by atoms with Gasteiger partial charge in [-0.2, -0.15) is 0 Å². The second-order valence-corrected chi connectivity index (χ2v) is 5.97. The molecule has 0 amide bonds. The third-order valence-corrected chi connectivity index (χ3v) is 4.95. The summed E-state index contributed by atoms with van der Waals surface area (Å²) in [4.78, 5) is 8.40. The molecule has 2 saturated carbocycles. The van der Waals surface area contributed by atoms with Crippen molar-refractivity contribution in [2.24, 2.45) is 11.8 Å². The average molecular weight is 240 g/mol. The number of hydrogen-bond acceptors (Lipinski definition) is 1. The lowest BCUT2D eigenvalue weighted by Crippen LogP contribution is -1.91. The first-order valence-corrected chi connectivity index (χ1v) is 7.35. The molecule has 2 fully saturated rings. The number of rotatable bonds is 2. The summed E-state index contributed by atoms with van der Waals surface area (Å²) in [6.45, 7) is 2.20. The largest absolute Gasteiger partial charge is 0.342 e. The van der Waals surface area contributed by atoms with Crippen LogP contribution in [0.3, 0.4) is 0 Å². The van der Waals surface area contributed by atoms with Crippen LogP contribution in [0.5, 0.6) is 0 Å². The van der Waals surface area contributed by atoms with Gasteiger partial charge in [0, 0.05) is 5.92 Å². The molecule has 1 heterocycles. The first-order valence-electron chi connectivity index (χ1n) is 7.35. The van der Waals surface area contributed by atoms with Crippen molar-refractivity contribution in [3.63, 3.8) is 0 Å². The Bertz CT molecular complexity index is 572. The normalized spacial score (nSPS) is 30.4. The highest BCUT2D eigenvalue weighted by Gasteiger charge is 2.52. The minimum atomic E-state index is 0.741. The molecule has 2 atom stereocenters. The first-order chi connectivity index (χ1) is 8.86. The van der Waals surface area contributed by atoms with Gasteiger partial charge in [0.15, 0.2) is 0 Å². The molecule has 0 aliphatic heterocycles. The lowest BCUT2D eigenvalue weighted by Gasteiger charge is -2.04. The van der Waals surface area contributed by atoms with E-state index in [9.17, 15) is 0 Å². The van der Waals surface area contributed by atoms with Crippen LogP contribution in [0.15, 0.2) is 18.2 Å². The third-order valence-electron chi connectivity index (χ3n) is 4.95. The Morgan fingerprint density at radius 1 is 1.22 bits per heavy atom. The fourth-order valence-corrected chi connectivity index (χ4v) is 3.85. The molecule has 4 rings (SSSR count). The average Bonchev–Trinajstić information content (AvgIpc) is 3.00. The molecule has 2 heteroatoms. The number of aryl methyl sites for hydroxylation is 1. The van der Waals surface area contributed by atoms with E-state index in [-0.39, 0.29) is 0 Å². The van der Waals surface area contributed by atoms with E-state index in [1.165, 1.54) is 42.6 Å². The summed E-state index contributed by atoms with van der Waals surface area (Å²) >= 11 is 0. The van der Waals surface area contributed by atoms with Crippen LogP contribution in [0.1, 0.15) is 49.9 Å². The Kier molecular flexibility index (Phi) is 2.26. The number of aromatic amines is 1. The fourth-order valence-electron chi connectivity index (χ4n) is 3.85. The van der Waals surface area contributed by atoms with Crippen molar-refractivity contribution < 1.29 is 0 Å². The lowest BCUT2D eigenvalue weighted by molar-refractivity contribution is 0.480. The minimum absolute atomic E-state index is 0.741. The van der Waals surface area contributed by atoms with Gasteiger partial charge >= 0.3 is 0 Å². The second kappa shape index (κ2) is 3.84. The third kappa shape index (κ3) is 1.51. The van der Waals surface area contributed by atoms with Crippen molar-refractivity contribution in [1.29, 1.82) is 0 Å². The summed E-state index contributed by atoms with van der Waals surface area (Å²) in [5.74, 6) is 3.87. The van der Waals surface area contributed by atoms with Crippen molar-refractivity contribution in [2.75, 3.05) is 0 Å². The van der Waals surface area contributed by atoms with Crippen LogP contribution in [0.25, 0.3) is 11.0 Å². The molecule has 0 radical (unpaired) electrons. The van der Waals surface area contributed by atoms with Gasteiger partial charge < -0.3 is 4.98 Å².